The van der Waals surface area contributed by atoms with Crippen molar-refractivity contribution < 1.29 is 14.3 Å². The molecule has 0 fully saturated rings. The van der Waals surface area contributed by atoms with Gasteiger partial charge in [-0.2, -0.15) is 0 Å². The van der Waals surface area contributed by atoms with Crippen molar-refractivity contribution >= 4 is 17.6 Å². The van der Waals surface area contributed by atoms with Crippen molar-refractivity contribution in [2.45, 2.75) is 41.0 Å². The zero-order valence-corrected chi connectivity index (χ0v) is 16.4. The quantitative estimate of drug-likeness (QED) is 0.785. The van der Waals surface area contributed by atoms with Gasteiger partial charge in [-0.05, 0) is 44.7 Å². The lowest BCUT2D eigenvalue weighted by atomic mass is 9.79. The fourth-order valence-electron chi connectivity index (χ4n) is 3.43. The molecule has 0 saturated heterocycles. The van der Waals surface area contributed by atoms with Crippen LogP contribution in [0, 0.1) is 18.8 Å². The van der Waals surface area contributed by atoms with E-state index < -0.39 is 5.97 Å². The van der Waals surface area contributed by atoms with Gasteiger partial charge < -0.3 is 15.4 Å². The monoisotopic (exact) mass is 356 g/mol. The van der Waals surface area contributed by atoms with Crippen molar-refractivity contribution in [1.29, 1.82) is 0 Å². The van der Waals surface area contributed by atoms with Crippen molar-refractivity contribution in [2.75, 3.05) is 12.4 Å². The molecule has 1 amide bonds. The third-order valence-corrected chi connectivity index (χ3v) is 4.63. The third-order valence-electron chi connectivity index (χ3n) is 4.63. The Kier molecular flexibility index (Phi) is 6.24. The zero-order chi connectivity index (χ0) is 19.4. The van der Waals surface area contributed by atoms with E-state index in [1.165, 1.54) is 7.11 Å². The van der Waals surface area contributed by atoms with Gasteiger partial charge in [0.2, 0.25) is 0 Å². The largest absolute Gasteiger partial charge is 0.466 e. The molecule has 26 heavy (non-hydrogen) atoms. The smallest absolute Gasteiger partial charge is 0.336 e. The summed E-state index contributed by atoms with van der Waals surface area (Å²) in [5.74, 6) is -0.564. The predicted octanol–water partition coefficient (Wildman–Crippen LogP) is 3.92. The fraction of sp³-hybridized carbons (Fsp3) is 0.429. The fourth-order valence-corrected chi connectivity index (χ4v) is 3.43. The van der Waals surface area contributed by atoms with Gasteiger partial charge in [-0.3, -0.25) is 4.79 Å². The van der Waals surface area contributed by atoms with Gasteiger partial charge in [0.05, 0.1) is 12.7 Å². The van der Waals surface area contributed by atoms with E-state index >= 15 is 0 Å². The molecular formula is C21H28N2O3. The molecule has 0 spiro atoms. The van der Waals surface area contributed by atoms with Gasteiger partial charge in [0.15, 0.2) is 0 Å². The number of benzene rings is 1. The number of allylic oxidation sites excluding steroid dienone is 2. The Morgan fingerprint density at radius 2 is 1.73 bits per heavy atom. The normalized spacial score (nSPS) is 17.3. The summed E-state index contributed by atoms with van der Waals surface area (Å²) in [6.45, 7) is 9.83. The van der Waals surface area contributed by atoms with E-state index in [2.05, 4.69) is 24.5 Å². The standard InChI is InChI=1S/C21H28N2O3/c1-12(2)11-16-18(14(4)22-15(5)19(16)21(25)26-6)20(24)23-17-10-8-7-9-13(17)3/h7-10,12,16,22H,11H2,1-6H3,(H,23,24). The molecule has 140 valence electrons. The Morgan fingerprint density at radius 1 is 1.12 bits per heavy atom. The summed E-state index contributed by atoms with van der Waals surface area (Å²) in [7, 11) is 1.37. The summed E-state index contributed by atoms with van der Waals surface area (Å²) in [6.07, 6.45) is 0.692. The van der Waals surface area contributed by atoms with Crippen LogP contribution in [0.15, 0.2) is 46.8 Å². The van der Waals surface area contributed by atoms with Gasteiger partial charge >= 0.3 is 5.97 Å². The Bertz CT molecular complexity index is 775. The van der Waals surface area contributed by atoms with Gasteiger partial charge in [0, 0.05) is 28.6 Å². The van der Waals surface area contributed by atoms with Crippen molar-refractivity contribution in [3.63, 3.8) is 0 Å². The number of amides is 1. The number of anilines is 1. The number of dihydropyridines is 1. The number of hydrogen-bond acceptors (Lipinski definition) is 4. The molecule has 0 bridgehead atoms. The van der Waals surface area contributed by atoms with Crippen LogP contribution in [0.5, 0.6) is 0 Å². The number of carbonyl (C=O) groups excluding carboxylic acids is 2. The first-order valence-electron chi connectivity index (χ1n) is 8.90. The number of carbonyl (C=O) groups is 2. The average molecular weight is 356 g/mol. The zero-order valence-electron chi connectivity index (χ0n) is 16.4. The highest BCUT2D eigenvalue weighted by Gasteiger charge is 2.36. The van der Waals surface area contributed by atoms with E-state index in [0.29, 0.717) is 23.5 Å². The van der Waals surface area contributed by atoms with Crippen LogP contribution >= 0.6 is 0 Å². The Hall–Kier alpha value is -2.56. The molecule has 1 aromatic carbocycles. The molecule has 1 aliphatic heterocycles. The second-order valence-electron chi connectivity index (χ2n) is 7.15. The van der Waals surface area contributed by atoms with Crippen LogP contribution in [-0.2, 0) is 14.3 Å². The number of para-hydroxylation sites is 1. The second kappa shape index (κ2) is 8.21. The maximum atomic E-state index is 13.1. The summed E-state index contributed by atoms with van der Waals surface area (Å²) in [4.78, 5) is 25.5. The van der Waals surface area contributed by atoms with Crippen molar-refractivity contribution in [3.8, 4) is 0 Å². The van der Waals surface area contributed by atoms with Gasteiger partial charge in [0.1, 0.15) is 0 Å². The highest BCUT2D eigenvalue weighted by Crippen LogP contribution is 2.35. The van der Waals surface area contributed by atoms with Crippen molar-refractivity contribution in [1.82, 2.24) is 5.32 Å². The maximum Gasteiger partial charge on any atom is 0.336 e. The van der Waals surface area contributed by atoms with E-state index in [1.54, 1.807) is 0 Å². The first kappa shape index (κ1) is 19.8. The number of esters is 1. The maximum absolute atomic E-state index is 13.1. The van der Waals surface area contributed by atoms with Crippen LogP contribution in [0.1, 0.15) is 39.7 Å². The lowest BCUT2D eigenvalue weighted by Crippen LogP contribution is -2.35. The van der Waals surface area contributed by atoms with Gasteiger partial charge in [-0.15, -0.1) is 0 Å². The molecule has 0 saturated carbocycles. The minimum atomic E-state index is -0.394. The molecule has 5 heteroatoms. The molecule has 0 aromatic heterocycles. The Labute approximate surface area is 155 Å². The third kappa shape index (κ3) is 4.15. The number of ether oxygens (including phenoxy) is 1. The molecule has 1 atom stereocenters. The molecule has 0 radical (unpaired) electrons. The summed E-state index contributed by atoms with van der Waals surface area (Å²) in [6, 6.07) is 7.64. The summed E-state index contributed by atoms with van der Waals surface area (Å²) in [5.41, 5.74) is 4.39. The van der Waals surface area contributed by atoms with Gasteiger partial charge in [-0.25, -0.2) is 4.79 Å². The Morgan fingerprint density at radius 3 is 2.31 bits per heavy atom. The van der Waals surface area contributed by atoms with Crippen molar-refractivity contribution in [2.24, 2.45) is 11.8 Å². The van der Waals surface area contributed by atoms with Crippen molar-refractivity contribution in [3.05, 3.63) is 52.4 Å². The van der Waals surface area contributed by atoms with E-state index in [0.717, 1.165) is 22.6 Å². The average Bonchev–Trinajstić information content (AvgIpc) is 2.55. The highest BCUT2D eigenvalue weighted by atomic mass is 16.5. The first-order valence-corrected chi connectivity index (χ1v) is 8.90. The SMILES string of the molecule is COC(=O)C1=C(C)NC(C)=C(C(=O)Nc2ccccc2C)C1CC(C)C. The highest BCUT2D eigenvalue weighted by molar-refractivity contribution is 6.07. The van der Waals surface area contributed by atoms with E-state index in [1.807, 2.05) is 45.0 Å². The van der Waals surface area contributed by atoms with Crippen LogP contribution in [0.2, 0.25) is 0 Å². The summed E-state index contributed by atoms with van der Waals surface area (Å²) in [5, 5.41) is 6.17. The number of methoxy groups -OCH3 is 1. The van der Waals surface area contributed by atoms with E-state index in [9.17, 15) is 9.59 Å². The van der Waals surface area contributed by atoms with Crippen LogP contribution in [0.25, 0.3) is 0 Å². The molecule has 1 aliphatic rings. The molecule has 5 nitrogen and oxygen atoms in total. The molecule has 1 unspecified atom stereocenters. The number of rotatable bonds is 5. The minimum absolute atomic E-state index is 0.191. The lowest BCUT2D eigenvalue weighted by Gasteiger charge is -2.31. The summed E-state index contributed by atoms with van der Waals surface area (Å²) < 4.78 is 4.98. The molecule has 2 N–H and O–H groups in total. The lowest BCUT2D eigenvalue weighted by molar-refractivity contribution is -0.136. The number of nitrogens with one attached hydrogen (secondary N) is 2. The predicted molar refractivity (Wildman–Crippen MR) is 103 cm³/mol. The number of aryl methyl sites for hydroxylation is 1. The molecule has 1 aromatic rings. The summed E-state index contributed by atoms with van der Waals surface area (Å²) >= 11 is 0. The van der Waals surface area contributed by atoms with Crippen LogP contribution < -0.4 is 10.6 Å². The van der Waals surface area contributed by atoms with E-state index in [4.69, 9.17) is 4.74 Å². The van der Waals surface area contributed by atoms with Gasteiger partial charge in [-0.1, -0.05) is 32.0 Å². The topological polar surface area (TPSA) is 67.4 Å². The second-order valence-corrected chi connectivity index (χ2v) is 7.15. The molecule has 2 rings (SSSR count). The number of hydrogen-bond donors (Lipinski definition) is 2. The van der Waals surface area contributed by atoms with E-state index in [-0.39, 0.29) is 11.8 Å². The van der Waals surface area contributed by atoms with Crippen LogP contribution in [0.3, 0.4) is 0 Å². The minimum Gasteiger partial charge on any atom is -0.466 e. The first-order chi connectivity index (χ1) is 12.3. The van der Waals surface area contributed by atoms with Crippen LogP contribution in [-0.4, -0.2) is 19.0 Å². The molecule has 1 heterocycles. The Balaban J connectivity index is 2.43. The molecular weight excluding hydrogens is 328 g/mol. The van der Waals surface area contributed by atoms with Gasteiger partial charge in [0.25, 0.3) is 5.91 Å². The molecule has 0 aliphatic carbocycles. The van der Waals surface area contributed by atoms with Crippen LogP contribution in [0.4, 0.5) is 5.69 Å².